The first-order valence-corrected chi connectivity index (χ1v) is 2.41. The Morgan fingerprint density at radius 3 is 2.50 bits per heavy atom. The van der Waals surface area contributed by atoms with Gasteiger partial charge in [0.1, 0.15) is 5.92 Å². The molecular formula is C6H8O2. The second-order valence-electron chi connectivity index (χ2n) is 1.47. The predicted octanol–water partition coefficient (Wildman–Crippen LogP) is 0.730. The molecule has 44 valence electrons. The van der Waals surface area contributed by atoms with E-state index in [4.69, 9.17) is 11.5 Å². The third-order valence-electron chi connectivity index (χ3n) is 0.908. The van der Waals surface area contributed by atoms with Gasteiger partial charge in [-0.25, -0.2) is 0 Å². The fraction of sp³-hybridized carbons (Fsp3) is 0.500. The molecule has 0 aliphatic carbocycles. The van der Waals surface area contributed by atoms with E-state index in [1.165, 1.54) is 0 Å². The van der Waals surface area contributed by atoms with E-state index in [2.05, 4.69) is 5.92 Å². The predicted molar refractivity (Wildman–Crippen MR) is 30.2 cm³/mol. The minimum absolute atomic E-state index is 0.506. The van der Waals surface area contributed by atoms with Gasteiger partial charge in [0.15, 0.2) is 0 Å². The molecule has 0 saturated heterocycles. The van der Waals surface area contributed by atoms with Gasteiger partial charge in [0, 0.05) is 0 Å². The third kappa shape index (κ3) is 1.65. The average molecular weight is 112 g/mol. The number of terminal acetylenes is 1. The van der Waals surface area contributed by atoms with Crippen molar-refractivity contribution in [3.63, 3.8) is 0 Å². The molecule has 0 aromatic heterocycles. The zero-order valence-corrected chi connectivity index (χ0v) is 4.72. The van der Waals surface area contributed by atoms with Crippen LogP contribution in [0.1, 0.15) is 13.3 Å². The number of carbonyl (C=O) groups is 1. The second kappa shape index (κ2) is 3.09. The summed E-state index contributed by atoms with van der Waals surface area (Å²) < 4.78 is 0. The van der Waals surface area contributed by atoms with Gasteiger partial charge in [-0.2, -0.15) is 0 Å². The quantitative estimate of drug-likeness (QED) is 0.535. The van der Waals surface area contributed by atoms with Crippen LogP contribution in [-0.2, 0) is 4.79 Å². The number of rotatable bonds is 2. The van der Waals surface area contributed by atoms with Crippen LogP contribution in [0.25, 0.3) is 0 Å². The highest BCUT2D eigenvalue weighted by molar-refractivity contribution is 5.73. The van der Waals surface area contributed by atoms with E-state index >= 15 is 0 Å². The molecule has 0 radical (unpaired) electrons. The molecule has 0 aliphatic heterocycles. The molecule has 0 aromatic rings. The highest BCUT2D eigenvalue weighted by atomic mass is 16.4. The maximum Gasteiger partial charge on any atom is 0.318 e. The Labute approximate surface area is 48.5 Å². The number of hydrogen-bond donors (Lipinski definition) is 1. The fourth-order valence-electron chi connectivity index (χ4n) is 0.364. The van der Waals surface area contributed by atoms with Crippen LogP contribution < -0.4 is 0 Å². The number of carboxylic acid groups (broad SMARTS) is 1. The molecule has 0 bridgehead atoms. The van der Waals surface area contributed by atoms with Crippen molar-refractivity contribution in [3.8, 4) is 12.3 Å². The highest BCUT2D eigenvalue weighted by Gasteiger charge is 2.08. The molecule has 2 nitrogen and oxygen atoms in total. The lowest BCUT2D eigenvalue weighted by molar-refractivity contribution is -0.139. The molecule has 0 saturated carbocycles. The molecule has 0 spiro atoms. The van der Waals surface area contributed by atoms with Crippen LogP contribution in [0, 0.1) is 18.3 Å². The zero-order chi connectivity index (χ0) is 6.57. The van der Waals surface area contributed by atoms with Crippen molar-refractivity contribution in [2.45, 2.75) is 13.3 Å². The molecule has 0 fully saturated rings. The molecule has 0 amide bonds. The summed E-state index contributed by atoms with van der Waals surface area (Å²) in [6, 6.07) is 0. The van der Waals surface area contributed by atoms with E-state index in [-0.39, 0.29) is 0 Å². The van der Waals surface area contributed by atoms with Crippen LogP contribution in [0.15, 0.2) is 0 Å². The molecule has 0 heterocycles. The summed E-state index contributed by atoms with van der Waals surface area (Å²) in [7, 11) is 0. The van der Waals surface area contributed by atoms with Crippen LogP contribution in [0.4, 0.5) is 0 Å². The van der Waals surface area contributed by atoms with Crippen molar-refractivity contribution in [1.82, 2.24) is 0 Å². The summed E-state index contributed by atoms with van der Waals surface area (Å²) >= 11 is 0. The van der Waals surface area contributed by atoms with Gasteiger partial charge in [0.2, 0.25) is 0 Å². The summed E-state index contributed by atoms with van der Waals surface area (Å²) in [5, 5.41) is 8.23. The standard InChI is InChI=1S/C6H8O2/c1-3-5(4-2)6(7)8/h1,5H,4H2,2H3,(H,7,8). The van der Waals surface area contributed by atoms with Gasteiger partial charge in [-0.15, -0.1) is 6.42 Å². The fourth-order valence-corrected chi connectivity index (χ4v) is 0.364. The summed E-state index contributed by atoms with van der Waals surface area (Å²) in [6.45, 7) is 1.75. The average Bonchev–Trinajstić information content (AvgIpc) is 1.69. The van der Waals surface area contributed by atoms with Crippen molar-refractivity contribution >= 4 is 5.97 Å². The Bertz CT molecular complexity index is 121. The minimum atomic E-state index is -0.907. The zero-order valence-electron chi connectivity index (χ0n) is 4.72. The molecular weight excluding hydrogens is 104 g/mol. The number of carboxylic acids is 1. The Morgan fingerprint density at radius 1 is 2.00 bits per heavy atom. The Kier molecular flexibility index (Phi) is 2.71. The second-order valence-corrected chi connectivity index (χ2v) is 1.47. The maximum atomic E-state index is 10.0. The van der Waals surface area contributed by atoms with Crippen molar-refractivity contribution in [3.05, 3.63) is 0 Å². The summed E-state index contributed by atoms with van der Waals surface area (Å²) in [5.74, 6) is 0.642. The van der Waals surface area contributed by atoms with Crippen molar-refractivity contribution in [1.29, 1.82) is 0 Å². The first-order valence-electron chi connectivity index (χ1n) is 2.41. The SMILES string of the molecule is C#CC(CC)C(=O)O. The molecule has 0 rings (SSSR count). The maximum absolute atomic E-state index is 10.0. The van der Waals surface area contributed by atoms with E-state index in [0.29, 0.717) is 6.42 Å². The molecule has 0 aromatic carbocycles. The van der Waals surface area contributed by atoms with Gasteiger partial charge in [0.25, 0.3) is 0 Å². The van der Waals surface area contributed by atoms with Crippen molar-refractivity contribution < 1.29 is 9.90 Å². The Balaban J connectivity index is 3.76. The minimum Gasteiger partial charge on any atom is -0.480 e. The number of aliphatic carboxylic acids is 1. The van der Waals surface area contributed by atoms with Crippen molar-refractivity contribution in [2.75, 3.05) is 0 Å². The lowest BCUT2D eigenvalue weighted by atomic mass is 10.1. The summed E-state index contributed by atoms with van der Waals surface area (Å²) in [5.41, 5.74) is 0. The summed E-state index contributed by atoms with van der Waals surface area (Å²) in [4.78, 5) is 10.0. The lowest BCUT2D eigenvalue weighted by Crippen LogP contribution is -2.09. The van der Waals surface area contributed by atoms with Gasteiger partial charge in [-0.3, -0.25) is 4.79 Å². The molecule has 1 unspecified atom stereocenters. The third-order valence-corrected chi connectivity index (χ3v) is 0.908. The largest absolute Gasteiger partial charge is 0.480 e. The van der Waals surface area contributed by atoms with Gasteiger partial charge in [0.05, 0.1) is 0 Å². The van der Waals surface area contributed by atoms with Crippen LogP contribution in [-0.4, -0.2) is 11.1 Å². The van der Waals surface area contributed by atoms with E-state index in [1.807, 2.05) is 0 Å². The molecule has 1 N–H and O–H groups in total. The van der Waals surface area contributed by atoms with Crippen molar-refractivity contribution in [2.24, 2.45) is 5.92 Å². The van der Waals surface area contributed by atoms with Crippen LogP contribution in [0.2, 0.25) is 0 Å². The first-order chi connectivity index (χ1) is 3.72. The molecule has 8 heavy (non-hydrogen) atoms. The van der Waals surface area contributed by atoms with Gasteiger partial charge >= 0.3 is 5.97 Å². The molecule has 2 heteroatoms. The van der Waals surface area contributed by atoms with E-state index < -0.39 is 11.9 Å². The van der Waals surface area contributed by atoms with E-state index in [0.717, 1.165) is 0 Å². The smallest absolute Gasteiger partial charge is 0.318 e. The summed E-state index contributed by atoms with van der Waals surface area (Å²) in [6.07, 6.45) is 5.36. The van der Waals surface area contributed by atoms with Gasteiger partial charge < -0.3 is 5.11 Å². The highest BCUT2D eigenvalue weighted by Crippen LogP contribution is 1.98. The Morgan fingerprint density at radius 2 is 2.50 bits per heavy atom. The molecule has 0 aliphatic rings. The number of hydrogen-bond acceptors (Lipinski definition) is 1. The molecule has 1 atom stereocenters. The normalized spacial score (nSPS) is 12.0. The van der Waals surface area contributed by atoms with Crippen LogP contribution >= 0.6 is 0 Å². The lowest BCUT2D eigenvalue weighted by Gasteiger charge is -1.96. The Hall–Kier alpha value is -0.970. The van der Waals surface area contributed by atoms with E-state index in [1.54, 1.807) is 6.92 Å². The monoisotopic (exact) mass is 112 g/mol. The van der Waals surface area contributed by atoms with Gasteiger partial charge in [-0.05, 0) is 6.42 Å². The van der Waals surface area contributed by atoms with Gasteiger partial charge in [-0.1, -0.05) is 12.8 Å². The van der Waals surface area contributed by atoms with Crippen LogP contribution in [0.5, 0.6) is 0 Å². The van der Waals surface area contributed by atoms with E-state index in [9.17, 15) is 4.79 Å². The topological polar surface area (TPSA) is 37.3 Å². The first kappa shape index (κ1) is 7.03. The van der Waals surface area contributed by atoms with Crippen LogP contribution in [0.3, 0.4) is 0 Å².